The van der Waals surface area contributed by atoms with Gasteiger partial charge < -0.3 is 9.80 Å². The summed E-state index contributed by atoms with van der Waals surface area (Å²) in [5, 5.41) is 0. The van der Waals surface area contributed by atoms with Crippen molar-refractivity contribution < 1.29 is 0 Å². The lowest BCUT2D eigenvalue weighted by atomic mass is 10.1. The minimum absolute atomic E-state index is 0.678. The Morgan fingerprint density at radius 1 is 1.40 bits per heavy atom. The first-order valence-corrected chi connectivity index (χ1v) is 5.65. The molecule has 0 N–H and O–H groups in total. The molecule has 1 aromatic carbocycles. The molecule has 82 valence electrons. The van der Waals surface area contributed by atoms with E-state index in [1.807, 2.05) is 0 Å². The van der Waals surface area contributed by atoms with Crippen LogP contribution >= 0.6 is 0 Å². The van der Waals surface area contributed by atoms with E-state index >= 15 is 0 Å². The van der Waals surface area contributed by atoms with Crippen molar-refractivity contribution in [2.75, 3.05) is 32.1 Å². The van der Waals surface area contributed by atoms with Gasteiger partial charge in [0.1, 0.15) is 0 Å². The number of hydrogen-bond donors (Lipinski definition) is 0. The summed E-state index contributed by atoms with van der Waals surface area (Å²) >= 11 is 0. The van der Waals surface area contributed by atoms with Crippen LogP contribution in [0.4, 0.5) is 5.69 Å². The van der Waals surface area contributed by atoms with Crippen LogP contribution in [0.5, 0.6) is 0 Å². The normalized spacial score (nSPS) is 21.9. The molecule has 1 atom stereocenters. The van der Waals surface area contributed by atoms with Gasteiger partial charge in [-0.2, -0.15) is 0 Å². The summed E-state index contributed by atoms with van der Waals surface area (Å²) in [7, 11) is 4.41. The Bertz CT molecular complexity index is 335. The van der Waals surface area contributed by atoms with E-state index in [1.54, 1.807) is 0 Å². The van der Waals surface area contributed by atoms with Gasteiger partial charge in [-0.25, -0.2) is 0 Å². The second-order valence-corrected chi connectivity index (χ2v) is 4.65. The summed E-state index contributed by atoms with van der Waals surface area (Å²) in [5.74, 6) is 0. The highest BCUT2D eigenvalue weighted by Crippen LogP contribution is 2.21. The van der Waals surface area contributed by atoms with E-state index in [0.717, 1.165) is 0 Å². The third-order valence-electron chi connectivity index (χ3n) is 3.32. The number of hydrogen-bond acceptors (Lipinski definition) is 2. The number of rotatable bonds is 2. The average Bonchev–Trinajstić information content (AvgIpc) is 2.64. The molecule has 1 aliphatic heterocycles. The molecule has 0 amide bonds. The molecule has 1 saturated heterocycles. The second-order valence-electron chi connectivity index (χ2n) is 4.65. The van der Waals surface area contributed by atoms with Crippen molar-refractivity contribution in [3.8, 4) is 0 Å². The van der Waals surface area contributed by atoms with E-state index in [9.17, 15) is 0 Å². The molecule has 0 saturated carbocycles. The van der Waals surface area contributed by atoms with Crippen LogP contribution < -0.4 is 4.90 Å². The average molecular weight is 204 g/mol. The smallest absolute Gasteiger partial charge is 0.0425 e. The number of likely N-dealkylation sites (tertiary alicyclic amines) is 1. The van der Waals surface area contributed by atoms with Crippen molar-refractivity contribution in [3.05, 3.63) is 29.8 Å². The van der Waals surface area contributed by atoms with Crippen molar-refractivity contribution in [2.24, 2.45) is 0 Å². The summed E-state index contributed by atoms with van der Waals surface area (Å²) in [4.78, 5) is 4.81. The van der Waals surface area contributed by atoms with Gasteiger partial charge in [0, 0.05) is 25.3 Å². The Morgan fingerprint density at radius 2 is 2.20 bits per heavy atom. The van der Waals surface area contributed by atoms with Gasteiger partial charge in [0.2, 0.25) is 0 Å². The molecule has 0 spiro atoms. The minimum Gasteiger partial charge on any atom is -0.370 e. The molecule has 1 unspecified atom stereocenters. The van der Waals surface area contributed by atoms with E-state index < -0.39 is 0 Å². The molecule has 1 aliphatic rings. The van der Waals surface area contributed by atoms with Crippen molar-refractivity contribution in [2.45, 2.75) is 19.4 Å². The first-order valence-electron chi connectivity index (χ1n) is 5.65. The quantitative estimate of drug-likeness (QED) is 0.728. The molecule has 0 aliphatic carbocycles. The minimum atomic E-state index is 0.678. The number of benzene rings is 1. The topological polar surface area (TPSA) is 6.48 Å². The van der Waals surface area contributed by atoms with Gasteiger partial charge in [0.25, 0.3) is 0 Å². The zero-order valence-corrected chi connectivity index (χ0v) is 9.90. The van der Waals surface area contributed by atoms with Crippen LogP contribution in [0.25, 0.3) is 0 Å². The van der Waals surface area contributed by atoms with Gasteiger partial charge >= 0.3 is 0 Å². The molecule has 0 bridgehead atoms. The molecule has 2 heteroatoms. The van der Waals surface area contributed by atoms with Crippen LogP contribution in [0.15, 0.2) is 24.3 Å². The van der Waals surface area contributed by atoms with E-state index in [4.69, 9.17) is 0 Å². The van der Waals surface area contributed by atoms with Gasteiger partial charge in [-0.15, -0.1) is 0 Å². The Kier molecular flexibility index (Phi) is 2.96. The number of anilines is 1. The second kappa shape index (κ2) is 4.23. The maximum Gasteiger partial charge on any atom is 0.0425 e. The van der Waals surface area contributed by atoms with Crippen LogP contribution in [0.1, 0.15) is 12.0 Å². The maximum absolute atomic E-state index is 2.41. The van der Waals surface area contributed by atoms with E-state index in [2.05, 4.69) is 55.1 Å². The van der Waals surface area contributed by atoms with Crippen LogP contribution in [0.2, 0.25) is 0 Å². The molecule has 1 heterocycles. The first kappa shape index (κ1) is 10.5. The fraction of sp³-hybridized carbons (Fsp3) is 0.538. The van der Waals surface area contributed by atoms with Crippen LogP contribution in [-0.4, -0.2) is 38.1 Å². The zero-order valence-electron chi connectivity index (χ0n) is 9.90. The lowest BCUT2D eigenvalue weighted by Gasteiger charge is -2.26. The van der Waals surface area contributed by atoms with Crippen molar-refractivity contribution >= 4 is 5.69 Å². The highest BCUT2D eigenvalue weighted by molar-refractivity contribution is 5.48. The van der Waals surface area contributed by atoms with Gasteiger partial charge in [-0.3, -0.25) is 0 Å². The fourth-order valence-electron chi connectivity index (χ4n) is 2.29. The highest BCUT2D eigenvalue weighted by atomic mass is 15.2. The molecule has 2 nitrogen and oxygen atoms in total. The number of aryl methyl sites for hydroxylation is 1. The monoisotopic (exact) mass is 204 g/mol. The molecule has 0 radical (unpaired) electrons. The van der Waals surface area contributed by atoms with Crippen LogP contribution in [0.3, 0.4) is 0 Å². The summed E-state index contributed by atoms with van der Waals surface area (Å²) in [6.07, 6.45) is 1.28. The van der Waals surface area contributed by atoms with Gasteiger partial charge in [0.15, 0.2) is 0 Å². The lowest BCUT2D eigenvalue weighted by Crippen LogP contribution is -2.33. The first-order chi connectivity index (χ1) is 7.16. The van der Waals surface area contributed by atoms with Crippen molar-refractivity contribution in [3.63, 3.8) is 0 Å². The Labute approximate surface area is 92.5 Å². The Morgan fingerprint density at radius 3 is 2.80 bits per heavy atom. The molecule has 1 fully saturated rings. The largest absolute Gasteiger partial charge is 0.370 e. The molecular weight excluding hydrogens is 184 g/mol. The van der Waals surface area contributed by atoms with Gasteiger partial charge in [-0.1, -0.05) is 12.1 Å². The van der Waals surface area contributed by atoms with E-state index in [0.29, 0.717) is 6.04 Å². The zero-order chi connectivity index (χ0) is 10.8. The maximum atomic E-state index is 2.41. The predicted molar refractivity (Wildman–Crippen MR) is 65.5 cm³/mol. The summed E-state index contributed by atoms with van der Waals surface area (Å²) in [6, 6.07) is 9.43. The van der Waals surface area contributed by atoms with Gasteiger partial charge in [0.05, 0.1) is 0 Å². The van der Waals surface area contributed by atoms with Crippen LogP contribution in [-0.2, 0) is 0 Å². The van der Waals surface area contributed by atoms with Crippen molar-refractivity contribution in [1.29, 1.82) is 0 Å². The SMILES string of the molecule is Cc1cccc(N(C)C2CCN(C)C2)c1. The molecular formula is C13H20N2. The third-order valence-corrected chi connectivity index (χ3v) is 3.32. The number of likely N-dealkylation sites (N-methyl/N-ethyl adjacent to an activating group) is 2. The Hall–Kier alpha value is -1.02. The third kappa shape index (κ3) is 2.32. The summed E-state index contributed by atoms with van der Waals surface area (Å²) < 4.78 is 0. The van der Waals surface area contributed by atoms with Gasteiger partial charge in [-0.05, 0) is 44.6 Å². The van der Waals surface area contributed by atoms with Crippen LogP contribution in [0, 0.1) is 6.92 Å². The highest BCUT2D eigenvalue weighted by Gasteiger charge is 2.23. The van der Waals surface area contributed by atoms with Crippen molar-refractivity contribution in [1.82, 2.24) is 4.90 Å². The van der Waals surface area contributed by atoms with E-state index in [1.165, 1.54) is 30.8 Å². The lowest BCUT2D eigenvalue weighted by molar-refractivity contribution is 0.409. The standard InChI is InChI=1S/C13H20N2/c1-11-5-4-6-12(9-11)15(3)13-7-8-14(2)10-13/h4-6,9,13H,7-8,10H2,1-3H3. The molecule has 1 aromatic rings. The molecule has 2 rings (SSSR count). The fourth-order valence-corrected chi connectivity index (χ4v) is 2.29. The summed E-state index contributed by atoms with van der Waals surface area (Å²) in [6.45, 7) is 4.56. The Balaban J connectivity index is 2.10. The number of nitrogens with zero attached hydrogens (tertiary/aromatic N) is 2. The summed E-state index contributed by atoms with van der Waals surface area (Å²) in [5.41, 5.74) is 2.68. The molecule has 0 aromatic heterocycles. The molecule has 15 heavy (non-hydrogen) atoms. The predicted octanol–water partition coefficient (Wildman–Crippen LogP) is 2.14. The van der Waals surface area contributed by atoms with E-state index in [-0.39, 0.29) is 0 Å².